The lowest BCUT2D eigenvalue weighted by Gasteiger charge is -2.30. The third-order valence-electron chi connectivity index (χ3n) is 5.10. The highest BCUT2D eigenvalue weighted by Crippen LogP contribution is 2.28. The van der Waals surface area contributed by atoms with Crippen LogP contribution in [0.1, 0.15) is 25.3 Å². The Kier molecular flexibility index (Phi) is 4.52. The highest BCUT2D eigenvalue weighted by molar-refractivity contribution is 7.86. The van der Waals surface area contributed by atoms with Crippen molar-refractivity contribution in [2.75, 3.05) is 50.8 Å². The van der Waals surface area contributed by atoms with Crippen LogP contribution in [0.25, 0.3) is 0 Å². The minimum Gasteiger partial charge on any atom is -0.379 e. The normalized spacial score (nSPS) is 26.6. The van der Waals surface area contributed by atoms with Gasteiger partial charge >= 0.3 is 0 Å². The first kappa shape index (κ1) is 17.0. The van der Waals surface area contributed by atoms with Gasteiger partial charge in [-0.3, -0.25) is 9.48 Å². The fourth-order valence-electron chi connectivity index (χ4n) is 3.66. The quantitative estimate of drug-likeness (QED) is 0.736. The van der Waals surface area contributed by atoms with Crippen LogP contribution < -0.4 is 4.90 Å². The van der Waals surface area contributed by atoms with Crippen molar-refractivity contribution < 1.29 is 17.9 Å². The molecular formula is C15H23N5O4S. The van der Waals surface area contributed by atoms with Gasteiger partial charge in [-0.2, -0.15) is 22.1 Å². The summed E-state index contributed by atoms with van der Waals surface area (Å²) in [6.07, 6.45) is 5.74. The van der Waals surface area contributed by atoms with Gasteiger partial charge in [0.1, 0.15) is 0 Å². The van der Waals surface area contributed by atoms with E-state index < -0.39 is 10.2 Å². The number of morpholine rings is 1. The van der Waals surface area contributed by atoms with Gasteiger partial charge in [-0.15, -0.1) is 0 Å². The maximum absolute atomic E-state index is 12.7. The molecule has 0 saturated carbocycles. The van der Waals surface area contributed by atoms with Gasteiger partial charge < -0.3 is 9.64 Å². The third kappa shape index (κ3) is 3.19. The molecule has 1 amide bonds. The van der Waals surface area contributed by atoms with Crippen molar-refractivity contribution in [2.24, 2.45) is 0 Å². The first-order valence-corrected chi connectivity index (χ1v) is 10.1. The average Bonchev–Trinajstić information content (AvgIpc) is 3.35. The van der Waals surface area contributed by atoms with Crippen molar-refractivity contribution in [1.82, 2.24) is 18.4 Å². The van der Waals surface area contributed by atoms with E-state index in [0.29, 0.717) is 45.8 Å². The molecule has 0 aromatic carbocycles. The number of hydrogen-bond acceptors (Lipinski definition) is 5. The van der Waals surface area contributed by atoms with Crippen LogP contribution in [-0.2, 0) is 19.7 Å². The summed E-state index contributed by atoms with van der Waals surface area (Å²) in [4.78, 5) is 13.6. The molecule has 1 aromatic heterocycles. The van der Waals surface area contributed by atoms with E-state index in [9.17, 15) is 13.2 Å². The monoisotopic (exact) mass is 369 g/mol. The summed E-state index contributed by atoms with van der Waals surface area (Å²) in [6.45, 7) is 3.34. The Labute approximate surface area is 147 Å². The van der Waals surface area contributed by atoms with Crippen molar-refractivity contribution in [2.45, 2.75) is 25.3 Å². The Morgan fingerprint density at radius 2 is 1.92 bits per heavy atom. The van der Waals surface area contributed by atoms with E-state index in [1.165, 1.54) is 8.61 Å². The maximum atomic E-state index is 12.7. The topological polar surface area (TPSA) is 88.0 Å². The molecule has 0 radical (unpaired) electrons. The van der Waals surface area contributed by atoms with E-state index in [0.717, 1.165) is 25.1 Å². The van der Waals surface area contributed by atoms with Gasteiger partial charge in [-0.05, 0) is 12.8 Å². The highest BCUT2D eigenvalue weighted by Gasteiger charge is 2.37. The zero-order chi connectivity index (χ0) is 17.4. The number of carbonyl (C=O) groups excluding carboxylic acids is 1. The summed E-state index contributed by atoms with van der Waals surface area (Å²) in [5.74, 6) is 0.127. The Bertz CT molecular complexity index is 743. The second-order valence-corrected chi connectivity index (χ2v) is 8.58. The number of nitrogens with zero attached hydrogens (tertiary/aromatic N) is 5. The molecule has 3 saturated heterocycles. The van der Waals surface area contributed by atoms with Crippen LogP contribution in [0.15, 0.2) is 12.4 Å². The number of carbonyl (C=O) groups is 1. The second kappa shape index (κ2) is 6.67. The van der Waals surface area contributed by atoms with E-state index in [1.807, 2.05) is 6.20 Å². The van der Waals surface area contributed by atoms with Crippen LogP contribution in [0.3, 0.4) is 0 Å². The van der Waals surface area contributed by atoms with Crippen LogP contribution in [0.4, 0.5) is 5.69 Å². The number of rotatable bonds is 4. The largest absolute Gasteiger partial charge is 0.379 e. The predicted molar refractivity (Wildman–Crippen MR) is 90.4 cm³/mol. The lowest BCUT2D eigenvalue weighted by molar-refractivity contribution is -0.117. The molecule has 1 unspecified atom stereocenters. The number of aromatic nitrogens is 2. The minimum atomic E-state index is -3.44. The van der Waals surface area contributed by atoms with Crippen LogP contribution in [0.5, 0.6) is 0 Å². The Balaban J connectivity index is 1.44. The van der Waals surface area contributed by atoms with E-state index >= 15 is 0 Å². The lowest BCUT2D eigenvalue weighted by Crippen LogP contribution is -2.47. The van der Waals surface area contributed by atoms with Crippen molar-refractivity contribution in [1.29, 1.82) is 0 Å². The first-order valence-electron chi connectivity index (χ1n) is 8.73. The number of hydrogen-bond donors (Lipinski definition) is 0. The Hall–Kier alpha value is -1.49. The molecule has 25 heavy (non-hydrogen) atoms. The first-order chi connectivity index (χ1) is 12.1. The van der Waals surface area contributed by atoms with Crippen molar-refractivity contribution in [3.63, 3.8) is 0 Å². The summed E-state index contributed by atoms with van der Waals surface area (Å²) in [5.41, 5.74) is 0.803. The molecule has 0 aliphatic carbocycles. The minimum absolute atomic E-state index is 0.00210. The molecule has 3 aliphatic rings. The van der Waals surface area contributed by atoms with E-state index in [1.54, 1.807) is 15.8 Å². The fourth-order valence-corrected chi connectivity index (χ4v) is 5.30. The van der Waals surface area contributed by atoms with Crippen molar-refractivity contribution in [3.8, 4) is 0 Å². The molecule has 1 aromatic rings. The summed E-state index contributed by atoms with van der Waals surface area (Å²) in [6, 6.07) is 0.00210. The van der Waals surface area contributed by atoms with Gasteiger partial charge in [-0.1, -0.05) is 0 Å². The molecular weight excluding hydrogens is 346 g/mol. The standard InChI is InChI=1S/C15H23N5O4S/c21-15-2-1-4-19(15)14-10-16-20(12-14)13-3-5-18(11-13)25(22,23)17-6-8-24-9-7-17/h10,12-13H,1-9,11H2. The molecule has 3 aliphatic heterocycles. The molecule has 0 bridgehead atoms. The predicted octanol–water partition coefficient (Wildman–Crippen LogP) is -0.166. The SMILES string of the molecule is O=C1CCCN1c1cnn(C2CCN(S(=O)(=O)N3CCOCC3)C2)c1. The number of ether oxygens (including phenoxy) is 1. The van der Waals surface area contributed by atoms with Crippen LogP contribution in [0, 0.1) is 0 Å². The van der Waals surface area contributed by atoms with E-state index in [2.05, 4.69) is 5.10 Å². The molecule has 10 heteroatoms. The highest BCUT2D eigenvalue weighted by atomic mass is 32.2. The number of anilines is 1. The van der Waals surface area contributed by atoms with Crippen molar-refractivity contribution >= 4 is 21.8 Å². The summed E-state index contributed by atoms with van der Waals surface area (Å²) >= 11 is 0. The van der Waals surface area contributed by atoms with Gasteiger partial charge in [0.15, 0.2) is 0 Å². The molecule has 4 rings (SSSR count). The summed E-state index contributed by atoms with van der Waals surface area (Å²) < 4.78 is 35.5. The zero-order valence-corrected chi connectivity index (χ0v) is 14.9. The van der Waals surface area contributed by atoms with Gasteiger partial charge in [0, 0.05) is 45.3 Å². The van der Waals surface area contributed by atoms with Crippen LogP contribution in [-0.4, -0.2) is 78.7 Å². The Morgan fingerprint density at radius 3 is 2.64 bits per heavy atom. The van der Waals surface area contributed by atoms with Gasteiger partial charge in [0.2, 0.25) is 5.91 Å². The fraction of sp³-hybridized carbons (Fsp3) is 0.733. The van der Waals surface area contributed by atoms with Gasteiger partial charge in [0.25, 0.3) is 10.2 Å². The molecule has 0 N–H and O–H groups in total. The van der Waals surface area contributed by atoms with Gasteiger partial charge in [0.05, 0.1) is 31.1 Å². The van der Waals surface area contributed by atoms with E-state index in [4.69, 9.17) is 4.74 Å². The number of amides is 1. The third-order valence-corrected chi connectivity index (χ3v) is 7.10. The van der Waals surface area contributed by atoms with Crippen molar-refractivity contribution in [3.05, 3.63) is 12.4 Å². The van der Waals surface area contributed by atoms with Gasteiger partial charge in [-0.25, -0.2) is 0 Å². The van der Waals surface area contributed by atoms with Crippen LogP contribution >= 0.6 is 0 Å². The summed E-state index contributed by atoms with van der Waals surface area (Å²) in [5, 5.41) is 4.37. The van der Waals surface area contributed by atoms with E-state index in [-0.39, 0.29) is 11.9 Å². The zero-order valence-electron chi connectivity index (χ0n) is 14.1. The molecule has 9 nitrogen and oxygen atoms in total. The molecule has 3 fully saturated rings. The molecule has 138 valence electrons. The average molecular weight is 369 g/mol. The lowest BCUT2D eigenvalue weighted by atomic mass is 10.3. The summed E-state index contributed by atoms with van der Waals surface area (Å²) in [7, 11) is -3.44. The second-order valence-electron chi connectivity index (χ2n) is 6.65. The molecule has 4 heterocycles. The maximum Gasteiger partial charge on any atom is 0.282 e. The Morgan fingerprint density at radius 1 is 1.12 bits per heavy atom. The smallest absolute Gasteiger partial charge is 0.282 e. The molecule has 0 spiro atoms. The van der Waals surface area contributed by atoms with Crippen LogP contribution in [0.2, 0.25) is 0 Å². The molecule has 1 atom stereocenters.